The van der Waals surface area contributed by atoms with E-state index in [9.17, 15) is 28.7 Å². The van der Waals surface area contributed by atoms with Gasteiger partial charge in [0.05, 0.1) is 46.7 Å². The van der Waals surface area contributed by atoms with Crippen molar-refractivity contribution in [3.8, 4) is 11.5 Å². The molecular weight excluding hydrogens is 714 g/mol. The summed E-state index contributed by atoms with van der Waals surface area (Å²) >= 11 is 8.22. The molecule has 11 heteroatoms. The molecule has 3 aromatic rings. The van der Waals surface area contributed by atoms with Crippen LogP contribution >= 0.6 is 34.2 Å². The van der Waals surface area contributed by atoms with Gasteiger partial charge in [-0.2, -0.15) is 0 Å². The molecule has 8 nitrogen and oxygen atoms in total. The van der Waals surface area contributed by atoms with Gasteiger partial charge >= 0.3 is 0 Å². The maximum absolute atomic E-state index is 14.5. The molecule has 6 atom stereocenters. The molecular formula is C34H27ClFIN2O6. The van der Waals surface area contributed by atoms with Crippen molar-refractivity contribution in [3.63, 3.8) is 0 Å². The van der Waals surface area contributed by atoms with Gasteiger partial charge in [-0.1, -0.05) is 23.3 Å². The molecule has 7 rings (SSSR count). The molecule has 0 spiro atoms. The molecule has 4 aliphatic rings. The summed E-state index contributed by atoms with van der Waals surface area (Å²) < 4.78 is 20.5. The molecule has 2 saturated heterocycles. The van der Waals surface area contributed by atoms with Gasteiger partial charge in [0.15, 0.2) is 0 Å². The number of anilines is 2. The lowest BCUT2D eigenvalue weighted by Crippen LogP contribution is -2.48. The lowest BCUT2D eigenvalue weighted by molar-refractivity contribution is -0.131. The van der Waals surface area contributed by atoms with Crippen molar-refractivity contribution in [2.75, 3.05) is 16.9 Å². The number of hydrogen-bond donors (Lipinski definition) is 1. The molecule has 0 radical (unpaired) electrons. The number of fused-ring (bicyclic) bond motifs is 4. The van der Waals surface area contributed by atoms with E-state index in [2.05, 4.69) is 22.6 Å². The predicted octanol–water partition coefficient (Wildman–Crippen LogP) is 6.23. The number of nitrogens with zero attached hydrogens (tertiary/aromatic N) is 2. The van der Waals surface area contributed by atoms with Crippen LogP contribution in [0.25, 0.3) is 0 Å². The van der Waals surface area contributed by atoms with Gasteiger partial charge in [0.2, 0.25) is 23.6 Å². The highest BCUT2D eigenvalue weighted by Gasteiger charge is 2.68. The van der Waals surface area contributed by atoms with Gasteiger partial charge in [-0.05, 0) is 109 Å². The second kappa shape index (κ2) is 10.7. The maximum Gasteiger partial charge on any atom is 0.241 e. The number of methoxy groups -OCH3 is 1. The normalized spacial score (nSPS) is 29.0. The number of halogens is 3. The average molecular weight is 741 g/mol. The molecule has 2 heterocycles. The van der Waals surface area contributed by atoms with Gasteiger partial charge in [-0.3, -0.25) is 24.1 Å². The van der Waals surface area contributed by atoms with E-state index in [1.807, 2.05) is 18.2 Å². The average Bonchev–Trinajstić information content (AvgIpc) is 3.39. The van der Waals surface area contributed by atoms with Crippen molar-refractivity contribution in [2.24, 2.45) is 29.1 Å². The summed E-state index contributed by atoms with van der Waals surface area (Å²) in [5, 5.41) is 11.0. The minimum atomic E-state index is -1.39. The van der Waals surface area contributed by atoms with Crippen LogP contribution in [-0.2, 0) is 19.2 Å². The Morgan fingerprint density at radius 2 is 1.64 bits per heavy atom. The van der Waals surface area contributed by atoms with Crippen LogP contribution in [0.4, 0.5) is 15.8 Å². The van der Waals surface area contributed by atoms with Crippen molar-refractivity contribution in [2.45, 2.75) is 25.7 Å². The van der Waals surface area contributed by atoms with Crippen LogP contribution in [0.2, 0.25) is 5.02 Å². The number of phenolic OH excluding ortho intramolecular Hbond substituents is 1. The van der Waals surface area contributed by atoms with Gasteiger partial charge in [0, 0.05) is 15.1 Å². The lowest BCUT2D eigenvalue weighted by atomic mass is 9.51. The first-order valence-electron chi connectivity index (χ1n) is 14.5. The monoisotopic (exact) mass is 740 g/mol. The number of carbonyl (C=O) groups excluding carboxylic acids is 4. The summed E-state index contributed by atoms with van der Waals surface area (Å²) in [6.45, 7) is 1.70. The minimum absolute atomic E-state index is 0.0951. The van der Waals surface area contributed by atoms with E-state index in [0.29, 0.717) is 17.0 Å². The minimum Gasteiger partial charge on any atom is -0.508 e. The molecule has 0 unspecified atom stereocenters. The smallest absolute Gasteiger partial charge is 0.241 e. The van der Waals surface area contributed by atoms with Gasteiger partial charge < -0.3 is 9.84 Å². The quantitative estimate of drug-likeness (QED) is 0.193. The van der Waals surface area contributed by atoms with E-state index in [1.165, 1.54) is 30.2 Å². The number of phenols is 1. The Labute approximate surface area is 276 Å². The van der Waals surface area contributed by atoms with Gasteiger partial charge in [-0.15, -0.1) is 0 Å². The first-order chi connectivity index (χ1) is 21.5. The van der Waals surface area contributed by atoms with Gasteiger partial charge in [-0.25, -0.2) is 9.29 Å². The lowest BCUT2D eigenvalue weighted by Gasteiger charge is -2.49. The number of benzene rings is 3. The number of imide groups is 2. The topological polar surface area (TPSA) is 104 Å². The van der Waals surface area contributed by atoms with Crippen molar-refractivity contribution in [1.29, 1.82) is 0 Å². The highest BCUT2D eigenvalue weighted by molar-refractivity contribution is 14.1. The Hall–Kier alpha value is -3.77. The number of allylic oxidation sites excluding steroid dienone is 2. The van der Waals surface area contributed by atoms with E-state index in [0.717, 1.165) is 20.1 Å². The highest BCUT2D eigenvalue weighted by atomic mass is 127. The number of rotatable bonds is 4. The Bertz CT molecular complexity index is 1850. The summed E-state index contributed by atoms with van der Waals surface area (Å²) in [5.41, 5.74) is 0.327. The van der Waals surface area contributed by atoms with E-state index in [-0.39, 0.29) is 41.1 Å². The Morgan fingerprint density at radius 1 is 0.933 bits per heavy atom. The second-order valence-corrected chi connectivity index (χ2v) is 13.8. The third-order valence-corrected chi connectivity index (χ3v) is 11.1. The van der Waals surface area contributed by atoms with E-state index >= 15 is 0 Å². The Kier molecular flexibility index (Phi) is 7.08. The molecule has 1 saturated carbocycles. The summed E-state index contributed by atoms with van der Waals surface area (Å²) in [4.78, 5) is 59.0. The van der Waals surface area contributed by atoms with Crippen LogP contribution in [0, 0.1) is 38.5 Å². The van der Waals surface area contributed by atoms with Crippen LogP contribution < -0.4 is 14.5 Å². The number of hydrogen-bond acceptors (Lipinski definition) is 6. The third kappa shape index (κ3) is 4.28. The summed E-state index contributed by atoms with van der Waals surface area (Å²) in [6.07, 6.45) is 2.32. The highest BCUT2D eigenvalue weighted by Crippen LogP contribution is 2.64. The molecule has 3 fully saturated rings. The fraction of sp³-hybridized carbons (Fsp3) is 0.294. The molecule has 2 aliphatic heterocycles. The largest absolute Gasteiger partial charge is 0.508 e. The van der Waals surface area contributed by atoms with E-state index in [1.54, 1.807) is 31.2 Å². The van der Waals surface area contributed by atoms with Crippen molar-refractivity contribution in [1.82, 2.24) is 0 Å². The second-order valence-electron chi connectivity index (χ2n) is 12.2. The molecule has 230 valence electrons. The van der Waals surface area contributed by atoms with Crippen LogP contribution in [0.1, 0.15) is 31.2 Å². The molecule has 4 amide bonds. The maximum atomic E-state index is 14.5. The zero-order valence-corrected chi connectivity index (χ0v) is 27.1. The van der Waals surface area contributed by atoms with Crippen LogP contribution in [0.5, 0.6) is 11.5 Å². The molecule has 1 N–H and O–H groups in total. The Morgan fingerprint density at radius 3 is 2.33 bits per heavy atom. The first-order valence-corrected chi connectivity index (χ1v) is 16.0. The van der Waals surface area contributed by atoms with Crippen LogP contribution in [0.15, 0.2) is 72.3 Å². The first kappa shape index (κ1) is 29.9. The zero-order valence-electron chi connectivity index (χ0n) is 24.2. The Balaban J connectivity index is 1.38. The number of ether oxygens (including phenoxy) is 1. The summed E-state index contributed by atoms with van der Waals surface area (Å²) in [7, 11) is 1.49. The van der Waals surface area contributed by atoms with Crippen molar-refractivity contribution < 1.29 is 33.4 Å². The fourth-order valence-electron chi connectivity index (χ4n) is 7.97. The van der Waals surface area contributed by atoms with E-state index < -0.39 is 52.6 Å². The molecule has 3 aromatic carbocycles. The molecule has 0 bridgehead atoms. The molecule has 45 heavy (non-hydrogen) atoms. The zero-order chi connectivity index (χ0) is 31.9. The van der Waals surface area contributed by atoms with Crippen molar-refractivity contribution in [3.05, 3.63) is 92.3 Å². The van der Waals surface area contributed by atoms with Gasteiger partial charge in [0.25, 0.3) is 0 Å². The van der Waals surface area contributed by atoms with Gasteiger partial charge in [0.1, 0.15) is 17.3 Å². The molecule has 0 aromatic heterocycles. The summed E-state index contributed by atoms with van der Waals surface area (Å²) in [5.74, 6) is -5.72. The third-order valence-electron chi connectivity index (χ3n) is 10.1. The van der Waals surface area contributed by atoms with Crippen LogP contribution in [0.3, 0.4) is 0 Å². The molecule has 2 aliphatic carbocycles. The number of carbonyl (C=O) groups is 4. The van der Waals surface area contributed by atoms with Crippen LogP contribution in [-0.4, -0.2) is 35.8 Å². The number of aromatic hydroxyl groups is 1. The standard InChI is InChI=1S/C34H27ClFIN2O6/c1-34-24(31(42)39(33(34)44)18-7-11-26(36)25(35)13-18)15-22-20(29(34)23-14-19(45-2)8-12-27(23)40)9-10-21-28(22)32(43)38(30(21)41)17-5-3-16(37)4-6-17/h3-9,11-14,21-22,24,28-29,40H,10,15H2,1-2H3/t21-,22+,24-,28-,29+,34+/m0/s1. The number of amides is 4. The SMILES string of the molecule is COc1ccc(O)c([C@H]2C3=CC[C@@H]4C(=O)N(c5ccc(I)cc5)C(=O)[C@@H]4[C@@H]3C[C@H]3C(=O)N(c4ccc(F)c(Cl)c4)C(=O)[C@@]23C)c1. The summed E-state index contributed by atoms with van der Waals surface area (Å²) in [6, 6.07) is 15.5. The van der Waals surface area contributed by atoms with E-state index in [4.69, 9.17) is 16.3 Å². The fourth-order valence-corrected chi connectivity index (χ4v) is 8.50. The van der Waals surface area contributed by atoms with Crippen molar-refractivity contribution >= 4 is 69.2 Å². The predicted molar refractivity (Wildman–Crippen MR) is 172 cm³/mol.